The normalized spacial score (nSPS) is 14.6. The van der Waals surface area contributed by atoms with Crippen LogP contribution in [-0.4, -0.2) is 45.3 Å². The van der Waals surface area contributed by atoms with Crippen molar-refractivity contribution in [1.82, 2.24) is 14.5 Å². The lowest BCUT2D eigenvalue weighted by Gasteiger charge is -2.32. The molecule has 1 aromatic heterocycles. The van der Waals surface area contributed by atoms with Crippen molar-refractivity contribution < 1.29 is 4.74 Å². The average molecular weight is 483 g/mol. The molecule has 186 valence electrons. The Morgan fingerprint density at radius 3 is 2.44 bits per heavy atom. The molecule has 0 aliphatic carbocycles. The third-order valence-electron chi connectivity index (χ3n) is 7.12. The fourth-order valence-electron chi connectivity index (χ4n) is 5.21. The van der Waals surface area contributed by atoms with Gasteiger partial charge in [0.15, 0.2) is 0 Å². The lowest BCUT2D eigenvalue weighted by atomic mass is 9.98. The van der Waals surface area contributed by atoms with Crippen LogP contribution in [0.15, 0.2) is 54.6 Å². The molecule has 0 radical (unpaired) electrons. The van der Waals surface area contributed by atoms with Gasteiger partial charge >= 0.3 is 0 Å². The highest BCUT2D eigenvalue weighted by atomic mass is 16.5. The maximum absolute atomic E-state index is 7.96. The Morgan fingerprint density at radius 1 is 1.06 bits per heavy atom. The van der Waals surface area contributed by atoms with Gasteiger partial charge in [0, 0.05) is 50.0 Å². The Hall–Kier alpha value is -3.87. The fourth-order valence-corrected chi connectivity index (χ4v) is 5.21. The van der Waals surface area contributed by atoms with E-state index >= 15 is 0 Å². The van der Waals surface area contributed by atoms with Gasteiger partial charge < -0.3 is 19.9 Å². The van der Waals surface area contributed by atoms with Crippen molar-refractivity contribution in [3.8, 4) is 5.75 Å². The number of piperidine rings is 1. The van der Waals surface area contributed by atoms with E-state index in [0.29, 0.717) is 12.4 Å². The molecule has 1 aliphatic heterocycles. The molecular formula is C29H34N6O. The van der Waals surface area contributed by atoms with E-state index in [0.717, 1.165) is 64.9 Å². The molecule has 4 aromatic rings. The number of ether oxygens (including phenoxy) is 1. The van der Waals surface area contributed by atoms with Gasteiger partial charge in [0.1, 0.15) is 23.5 Å². The van der Waals surface area contributed by atoms with Crippen molar-refractivity contribution in [2.75, 3.05) is 13.1 Å². The number of hydrogen-bond donors (Lipinski definition) is 3. The first-order chi connectivity index (χ1) is 17.3. The highest BCUT2D eigenvalue weighted by molar-refractivity contribution is 6.08. The lowest BCUT2D eigenvalue weighted by molar-refractivity contribution is 0.130. The Kier molecular flexibility index (Phi) is 6.39. The van der Waals surface area contributed by atoms with E-state index in [2.05, 4.69) is 53.6 Å². The molecule has 36 heavy (non-hydrogen) atoms. The largest absolute Gasteiger partial charge is 0.490 e. The number of amidine groups is 2. The molecule has 0 bridgehead atoms. The molecule has 3 aromatic carbocycles. The number of nitrogen functional groups attached to an aromatic ring is 1. The molecule has 1 fully saturated rings. The standard InChI is InChI=1S/C29H34N6O/c1-18(2)29-33-26-16-22(36-21-12-14-34(15-13-21)19(3)30)9-11-27(26)35(29)17-20-8-10-25(28(31)32)24-7-5-4-6-23(20)24/h4-11,16,18,21,30H,12-15,17H2,1-3H3,(H3,31,32). The number of imidazole rings is 1. The van der Waals surface area contributed by atoms with E-state index in [9.17, 15) is 0 Å². The van der Waals surface area contributed by atoms with E-state index in [1.54, 1.807) is 0 Å². The van der Waals surface area contributed by atoms with Gasteiger partial charge in [-0.2, -0.15) is 0 Å². The summed E-state index contributed by atoms with van der Waals surface area (Å²) in [6.07, 6.45) is 2.00. The molecule has 0 spiro atoms. The van der Waals surface area contributed by atoms with E-state index in [1.165, 1.54) is 5.56 Å². The van der Waals surface area contributed by atoms with Crippen LogP contribution in [0.3, 0.4) is 0 Å². The minimum atomic E-state index is 0.0832. The van der Waals surface area contributed by atoms with Gasteiger partial charge in [0.25, 0.3) is 0 Å². The van der Waals surface area contributed by atoms with E-state index in [4.69, 9.17) is 26.3 Å². The second-order valence-corrected chi connectivity index (χ2v) is 9.98. The summed E-state index contributed by atoms with van der Waals surface area (Å²) in [6.45, 7) is 8.61. The molecule has 7 nitrogen and oxygen atoms in total. The molecule has 0 saturated carbocycles. The summed E-state index contributed by atoms with van der Waals surface area (Å²) in [7, 11) is 0. The number of benzene rings is 3. The van der Waals surface area contributed by atoms with E-state index in [1.807, 2.05) is 31.2 Å². The van der Waals surface area contributed by atoms with Crippen molar-refractivity contribution in [3.63, 3.8) is 0 Å². The highest BCUT2D eigenvalue weighted by Crippen LogP contribution is 2.30. The molecule has 7 heteroatoms. The van der Waals surface area contributed by atoms with Crippen LogP contribution in [-0.2, 0) is 6.54 Å². The lowest BCUT2D eigenvalue weighted by Crippen LogP contribution is -2.40. The predicted octanol–water partition coefficient (Wildman–Crippen LogP) is 5.49. The zero-order valence-corrected chi connectivity index (χ0v) is 21.2. The SMILES string of the molecule is CC(=N)N1CCC(Oc2ccc3c(c2)nc(C(C)C)n3Cc2ccc(C(=N)N)c3ccccc23)CC1. The maximum Gasteiger partial charge on any atom is 0.123 e. The topological polar surface area (TPSA) is 104 Å². The van der Waals surface area contributed by atoms with Gasteiger partial charge in [0.2, 0.25) is 0 Å². The van der Waals surface area contributed by atoms with E-state index < -0.39 is 0 Å². The summed E-state index contributed by atoms with van der Waals surface area (Å²) in [6, 6.07) is 18.4. The van der Waals surface area contributed by atoms with Crippen LogP contribution in [0.1, 0.15) is 56.5 Å². The molecular weight excluding hydrogens is 448 g/mol. The summed E-state index contributed by atoms with van der Waals surface area (Å²) in [4.78, 5) is 7.12. The van der Waals surface area contributed by atoms with Gasteiger partial charge in [0.05, 0.1) is 16.9 Å². The van der Waals surface area contributed by atoms with Crippen molar-refractivity contribution in [1.29, 1.82) is 10.8 Å². The smallest absolute Gasteiger partial charge is 0.123 e. The zero-order chi connectivity index (χ0) is 25.4. The van der Waals surface area contributed by atoms with Gasteiger partial charge in [-0.15, -0.1) is 0 Å². The first-order valence-electron chi connectivity index (χ1n) is 12.6. The summed E-state index contributed by atoms with van der Waals surface area (Å²) in [5, 5.41) is 17.9. The fraction of sp³-hybridized carbons (Fsp3) is 0.345. The molecule has 2 heterocycles. The Morgan fingerprint density at radius 2 is 1.78 bits per heavy atom. The van der Waals surface area contributed by atoms with Crippen LogP contribution in [0.2, 0.25) is 0 Å². The maximum atomic E-state index is 7.96. The van der Waals surface area contributed by atoms with Crippen molar-refractivity contribution in [3.05, 3.63) is 71.5 Å². The van der Waals surface area contributed by atoms with Gasteiger partial charge in [-0.3, -0.25) is 10.8 Å². The second-order valence-electron chi connectivity index (χ2n) is 9.98. The number of fused-ring (bicyclic) bond motifs is 2. The number of aromatic nitrogens is 2. The third kappa shape index (κ3) is 4.53. The molecule has 1 saturated heterocycles. The van der Waals surface area contributed by atoms with Crippen LogP contribution in [0.5, 0.6) is 5.75 Å². The third-order valence-corrected chi connectivity index (χ3v) is 7.12. The van der Waals surface area contributed by atoms with E-state index in [-0.39, 0.29) is 17.9 Å². The van der Waals surface area contributed by atoms with Crippen molar-refractivity contribution >= 4 is 33.5 Å². The van der Waals surface area contributed by atoms with Crippen LogP contribution >= 0.6 is 0 Å². The number of nitrogens with zero attached hydrogens (tertiary/aromatic N) is 3. The number of rotatable bonds is 6. The number of nitrogens with two attached hydrogens (primary N) is 1. The Labute approximate surface area is 211 Å². The number of likely N-dealkylation sites (tertiary alicyclic amines) is 1. The Balaban J connectivity index is 1.46. The monoisotopic (exact) mass is 482 g/mol. The van der Waals surface area contributed by atoms with Crippen LogP contribution in [0.25, 0.3) is 21.8 Å². The van der Waals surface area contributed by atoms with Gasteiger partial charge in [-0.05, 0) is 35.4 Å². The first kappa shape index (κ1) is 23.9. The minimum absolute atomic E-state index is 0.0832. The summed E-state index contributed by atoms with van der Waals surface area (Å²) >= 11 is 0. The predicted molar refractivity (Wildman–Crippen MR) is 147 cm³/mol. The molecule has 5 rings (SSSR count). The quantitative estimate of drug-likeness (QED) is 0.250. The minimum Gasteiger partial charge on any atom is -0.490 e. The van der Waals surface area contributed by atoms with Crippen LogP contribution < -0.4 is 10.5 Å². The summed E-state index contributed by atoms with van der Waals surface area (Å²) in [5.41, 5.74) is 9.80. The molecule has 0 unspecified atom stereocenters. The summed E-state index contributed by atoms with van der Waals surface area (Å²) < 4.78 is 8.63. The number of hydrogen-bond acceptors (Lipinski definition) is 4. The second kappa shape index (κ2) is 9.64. The van der Waals surface area contributed by atoms with Gasteiger partial charge in [-0.25, -0.2) is 4.98 Å². The van der Waals surface area contributed by atoms with Crippen molar-refractivity contribution in [2.24, 2.45) is 5.73 Å². The zero-order valence-electron chi connectivity index (χ0n) is 21.2. The van der Waals surface area contributed by atoms with Crippen LogP contribution in [0.4, 0.5) is 0 Å². The molecule has 0 atom stereocenters. The average Bonchev–Trinajstić information content (AvgIpc) is 3.22. The van der Waals surface area contributed by atoms with Crippen LogP contribution in [0, 0.1) is 10.8 Å². The number of nitrogens with one attached hydrogen (secondary N) is 2. The Bertz CT molecular complexity index is 1450. The molecule has 1 aliphatic rings. The molecule has 4 N–H and O–H groups in total. The highest BCUT2D eigenvalue weighted by Gasteiger charge is 2.22. The van der Waals surface area contributed by atoms with Gasteiger partial charge in [-0.1, -0.05) is 50.2 Å². The summed E-state index contributed by atoms with van der Waals surface area (Å²) in [5.74, 6) is 2.86. The van der Waals surface area contributed by atoms with Crippen molar-refractivity contribution in [2.45, 2.75) is 52.2 Å². The first-order valence-corrected chi connectivity index (χ1v) is 12.6. The molecule has 0 amide bonds.